The minimum Gasteiger partial charge on any atom is -0.358 e. The van der Waals surface area contributed by atoms with Gasteiger partial charge in [0.1, 0.15) is 4.47 Å². The molecule has 0 spiro atoms. The third kappa shape index (κ3) is 2.69. The predicted molar refractivity (Wildman–Crippen MR) is 56.2 cm³/mol. The van der Waals surface area contributed by atoms with Crippen LogP contribution in [-0.4, -0.2) is 9.91 Å². The highest BCUT2D eigenvalue weighted by Crippen LogP contribution is 2.31. The second kappa shape index (κ2) is 4.93. The van der Waals surface area contributed by atoms with Gasteiger partial charge in [0.2, 0.25) is 0 Å². The van der Waals surface area contributed by atoms with Gasteiger partial charge in [-0.15, -0.1) is 0 Å². The van der Waals surface area contributed by atoms with Crippen LogP contribution in [0.25, 0.3) is 0 Å². The fourth-order valence-electron chi connectivity index (χ4n) is 0.954. The van der Waals surface area contributed by atoms with Crippen LogP contribution in [0, 0.1) is 10.1 Å². The molecule has 0 unspecified atom stereocenters. The lowest BCUT2D eigenvalue weighted by atomic mass is 10.2. The van der Waals surface area contributed by atoms with Gasteiger partial charge in [-0.3, -0.25) is 0 Å². The molecule has 15 heavy (non-hydrogen) atoms. The summed E-state index contributed by atoms with van der Waals surface area (Å²) in [5.41, 5.74) is -0.343. The van der Waals surface area contributed by atoms with Crippen LogP contribution in [0.2, 0.25) is 0 Å². The lowest BCUT2D eigenvalue weighted by Crippen LogP contribution is -2.01. The minimum atomic E-state index is -2.71. The van der Waals surface area contributed by atoms with Gasteiger partial charge in [-0.25, -0.2) is 8.78 Å². The van der Waals surface area contributed by atoms with E-state index in [1.165, 1.54) is 0 Å². The molecule has 0 aliphatic rings. The molecule has 1 heterocycles. The van der Waals surface area contributed by atoms with Gasteiger partial charge in [0.25, 0.3) is 6.43 Å². The summed E-state index contributed by atoms with van der Waals surface area (Å²) in [5.74, 6) is -0.464. The Morgan fingerprint density at radius 2 is 2.20 bits per heavy atom. The summed E-state index contributed by atoms with van der Waals surface area (Å²) in [6.45, 7) is 0. The lowest BCUT2D eigenvalue weighted by Gasteiger charge is -2.03. The number of pyridine rings is 1. The SMILES string of the molecule is O=[N+]([O-])c1nc(CBr)c(C(F)F)cc1Br. The van der Waals surface area contributed by atoms with Gasteiger partial charge < -0.3 is 10.1 Å². The quantitative estimate of drug-likeness (QED) is 0.478. The van der Waals surface area contributed by atoms with E-state index in [1.807, 2.05) is 0 Å². The van der Waals surface area contributed by atoms with E-state index in [1.54, 1.807) is 0 Å². The molecule has 1 aromatic heterocycles. The van der Waals surface area contributed by atoms with E-state index in [4.69, 9.17) is 0 Å². The van der Waals surface area contributed by atoms with Crippen molar-refractivity contribution < 1.29 is 13.7 Å². The molecule has 82 valence electrons. The van der Waals surface area contributed by atoms with Crippen molar-refractivity contribution in [3.05, 3.63) is 31.9 Å². The number of nitro groups is 1. The first-order chi connectivity index (χ1) is 6.97. The summed E-state index contributed by atoms with van der Waals surface area (Å²) in [6.07, 6.45) is -2.71. The van der Waals surface area contributed by atoms with E-state index in [2.05, 4.69) is 36.8 Å². The lowest BCUT2D eigenvalue weighted by molar-refractivity contribution is -0.390. The first-order valence-corrected chi connectivity index (χ1v) is 5.56. The number of rotatable bonds is 3. The van der Waals surface area contributed by atoms with E-state index in [0.29, 0.717) is 0 Å². The molecule has 1 rings (SSSR count). The Morgan fingerprint density at radius 3 is 2.60 bits per heavy atom. The van der Waals surface area contributed by atoms with Gasteiger partial charge in [0, 0.05) is 0 Å². The van der Waals surface area contributed by atoms with Crippen LogP contribution in [0.4, 0.5) is 14.6 Å². The van der Waals surface area contributed by atoms with Crippen LogP contribution in [0.3, 0.4) is 0 Å². The Bertz CT molecular complexity index is 401. The van der Waals surface area contributed by atoms with Gasteiger partial charge in [0.15, 0.2) is 5.69 Å². The maximum atomic E-state index is 12.5. The molecule has 0 N–H and O–H groups in total. The van der Waals surface area contributed by atoms with E-state index in [-0.39, 0.29) is 21.1 Å². The zero-order chi connectivity index (χ0) is 11.6. The molecular weight excluding hydrogens is 342 g/mol. The fourth-order valence-corrected chi connectivity index (χ4v) is 1.88. The summed E-state index contributed by atoms with van der Waals surface area (Å²) in [4.78, 5) is 13.3. The third-order valence-corrected chi connectivity index (χ3v) is 2.72. The second-order valence-corrected chi connectivity index (χ2v) is 3.94. The van der Waals surface area contributed by atoms with E-state index in [0.717, 1.165) is 6.07 Å². The van der Waals surface area contributed by atoms with Crippen molar-refractivity contribution in [2.75, 3.05) is 0 Å². The maximum Gasteiger partial charge on any atom is 0.378 e. The Labute approximate surface area is 100 Å². The smallest absolute Gasteiger partial charge is 0.358 e. The molecule has 0 aliphatic heterocycles. The largest absolute Gasteiger partial charge is 0.378 e. The average molecular weight is 346 g/mol. The monoisotopic (exact) mass is 344 g/mol. The number of nitrogens with zero attached hydrogens (tertiary/aromatic N) is 2. The molecule has 0 atom stereocenters. The first-order valence-electron chi connectivity index (χ1n) is 3.65. The molecule has 0 saturated heterocycles. The zero-order valence-electron chi connectivity index (χ0n) is 7.08. The van der Waals surface area contributed by atoms with Crippen molar-refractivity contribution in [3.8, 4) is 0 Å². The number of hydrogen-bond acceptors (Lipinski definition) is 3. The summed E-state index contributed by atoms with van der Waals surface area (Å²) in [6, 6.07) is 1.02. The minimum absolute atomic E-state index is 0.0279. The highest BCUT2D eigenvalue weighted by atomic mass is 79.9. The van der Waals surface area contributed by atoms with Crippen molar-refractivity contribution in [2.24, 2.45) is 0 Å². The highest BCUT2D eigenvalue weighted by Gasteiger charge is 2.24. The number of hydrogen-bond donors (Lipinski definition) is 0. The van der Waals surface area contributed by atoms with Crippen molar-refractivity contribution in [2.45, 2.75) is 11.8 Å². The molecule has 0 bridgehead atoms. The van der Waals surface area contributed by atoms with Crippen LogP contribution in [0.15, 0.2) is 10.5 Å². The Morgan fingerprint density at radius 1 is 1.60 bits per heavy atom. The summed E-state index contributed by atoms with van der Waals surface area (Å²) >= 11 is 5.78. The molecule has 0 radical (unpaired) electrons. The van der Waals surface area contributed by atoms with Crippen molar-refractivity contribution in [1.82, 2.24) is 4.98 Å². The molecule has 0 aliphatic carbocycles. The second-order valence-electron chi connectivity index (χ2n) is 2.52. The van der Waals surface area contributed by atoms with Crippen LogP contribution in [0.5, 0.6) is 0 Å². The van der Waals surface area contributed by atoms with Crippen LogP contribution < -0.4 is 0 Å². The average Bonchev–Trinajstić information content (AvgIpc) is 2.16. The molecule has 0 aromatic carbocycles. The van der Waals surface area contributed by atoms with Crippen LogP contribution in [0.1, 0.15) is 17.7 Å². The third-order valence-electron chi connectivity index (χ3n) is 1.60. The molecule has 0 saturated carbocycles. The summed E-state index contributed by atoms with van der Waals surface area (Å²) in [7, 11) is 0. The van der Waals surface area contributed by atoms with Gasteiger partial charge >= 0.3 is 5.82 Å². The molecule has 8 heteroatoms. The van der Waals surface area contributed by atoms with E-state index < -0.39 is 17.2 Å². The zero-order valence-corrected chi connectivity index (χ0v) is 10.3. The predicted octanol–water partition coefficient (Wildman–Crippen LogP) is 3.58. The molecule has 4 nitrogen and oxygen atoms in total. The highest BCUT2D eigenvalue weighted by molar-refractivity contribution is 9.10. The van der Waals surface area contributed by atoms with Crippen molar-refractivity contribution >= 4 is 37.7 Å². The summed E-state index contributed by atoms with van der Waals surface area (Å²) < 4.78 is 24.9. The number of halogens is 4. The topological polar surface area (TPSA) is 56.0 Å². The number of aromatic nitrogens is 1. The van der Waals surface area contributed by atoms with Gasteiger partial charge in [-0.05, 0) is 31.9 Å². The van der Waals surface area contributed by atoms with E-state index in [9.17, 15) is 18.9 Å². The van der Waals surface area contributed by atoms with Gasteiger partial charge in [-0.1, -0.05) is 15.9 Å². The van der Waals surface area contributed by atoms with Gasteiger partial charge in [-0.2, -0.15) is 0 Å². The maximum absolute atomic E-state index is 12.5. The number of alkyl halides is 3. The molecule has 0 amide bonds. The van der Waals surface area contributed by atoms with Crippen LogP contribution >= 0.6 is 31.9 Å². The molecular formula is C7H4Br2F2N2O2. The standard InChI is InChI=1S/C7H4Br2F2N2O2/c8-2-5-3(6(10)11)1-4(9)7(12-5)13(14)15/h1,6H,2H2. The Balaban J connectivity index is 3.35. The fraction of sp³-hybridized carbons (Fsp3) is 0.286. The Kier molecular flexibility index (Phi) is 4.09. The first kappa shape index (κ1) is 12.4. The van der Waals surface area contributed by atoms with Crippen molar-refractivity contribution in [3.63, 3.8) is 0 Å². The van der Waals surface area contributed by atoms with Crippen LogP contribution in [-0.2, 0) is 5.33 Å². The Hall–Kier alpha value is -0.630. The van der Waals surface area contributed by atoms with Crippen molar-refractivity contribution in [1.29, 1.82) is 0 Å². The van der Waals surface area contributed by atoms with Gasteiger partial charge in [0.05, 0.1) is 10.9 Å². The molecule has 1 aromatic rings. The van der Waals surface area contributed by atoms with E-state index >= 15 is 0 Å². The molecule has 0 fully saturated rings. The summed E-state index contributed by atoms with van der Waals surface area (Å²) in [5, 5.41) is 10.5. The normalized spacial score (nSPS) is 10.7.